The zero-order chi connectivity index (χ0) is 16.2. The van der Waals surface area contributed by atoms with Crippen molar-refractivity contribution in [3.8, 4) is 0 Å². The molecule has 0 heterocycles. The third-order valence-electron chi connectivity index (χ3n) is 2.88. The summed E-state index contributed by atoms with van der Waals surface area (Å²) >= 11 is 0. The van der Waals surface area contributed by atoms with Crippen LogP contribution < -0.4 is 0 Å². The normalized spacial score (nSPS) is 11.8. The minimum Gasteiger partial charge on any atom is -0.478 e. The number of azo groups is 1. The lowest BCUT2D eigenvalue weighted by Gasteiger charge is -2.10. The second kappa shape index (κ2) is 6.38. The molecule has 0 aliphatic rings. The van der Waals surface area contributed by atoms with Gasteiger partial charge in [-0.3, -0.25) is 0 Å². The highest BCUT2D eigenvalue weighted by atomic mass is 19.4. The first kappa shape index (κ1) is 15.7. The number of carboxylic acid groups (broad SMARTS) is 1. The van der Waals surface area contributed by atoms with Crippen molar-refractivity contribution in [2.45, 2.75) is 12.7 Å². The fourth-order valence-electron chi connectivity index (χ4n) is 1.86. The predicted molar refractivity (Wildman–Crippen MR) is 73.1 cm³/mol. The fraction of sp³-hybridized carbons (Fsp3) is 0.133. The lowest BCUT2D eigenvalue weighted by atomic mass is 10.1. The van der Waals surface area contributed by atoms with Gasteiger partial charge in [-0.15, -0.1) is 0 Å². The Kier molecular flexibility index (Phi) is 4.55. The molecule has 0 amide bonds. The molecular weight excluding hydrogens is 297 g/mol. The maximum absolute atomic E-state index is 12.8. The molecule has 0 saturated carbocycles. The maximum Gasteiger partial charge on any atom is 0.416 e. The van der Waals surface area contributed by atoms with Crippen molar-refractivity contribution in [2.24, 2.45) is 10.2 Å². The molecule has 1 N–H and O–H groups in total. The zero-order valence-corrected chi connectivity index (χ0v) is 11.2. The summed E-state index contributed by atoms with van der Waals surface area (Å²) in [5.41, 5.74) is -0.762. The van der Waals surface area contributed by atoms with Crippen LogP contribution in [-0.4, -0.2) is 11.1 Å². The molecule has 0 radical (unpaired) electrons. The van der Waals surface area contributed by atoms with Gasteiger partial charge in [-0.05, 0) is 23.8 Å². The highest BCUT2D eigenvalue weighted by Crippen LogP contribution is 2.32. The number of alkyl halides is 3. The molecule has 0 aliphatic carbocycles. The van der Waals surface area contributed by atoms with Gasteiger partial charge in [0.15, 0.2) is 0 Å². The fourth-order valence-corrected chi connectivity index (χ4v) is 1.86. The molecule has 0 bridgehead atoms. The molecule has 2 aromatic rings. The number of nitrogens with zero attached hydrogens (tertiary/aromatic N) is 2. The average Bonchev–Trinajstić information content (AvgIpc) is 2.47. The molecule has 0 aliphatic heterocycles. The number of aromatic carboxylic acids is 1. The van der Waals surface area contributed by atoms with Gasteiger partial charge in [0.25, 0.3) is 0 Å². The number of benzene rings is 2. The van der Waals surface area contributed by atoms with E-state index in [9.17, 15) is 18.0 Å². The molecule has 0 unspecified atom stereocenters. The summed E-state index contributed by atoms with van der Waals surface area (Å²) < 4.78 is 38.5. The highest BCUT2D eigenvalue weighted by molar-refractivity contribution is 5.93. The molecule has 2 aromatic carbocycles. The van der Waals surface area contributed by atoms with E-state index in [1.807, 2.05) is 0 Å². The van der Waals surface area contributed by atoms with Gasteiger partial charge in [0.05, 0.1) is 23.4 Å². The van der Waals surface area contributed by atoms with Gasteiger partial charge >= 0.3 is 12.1 Å². The molecule has 22 heavy (non-hydrogen) atoms. The molecule has 0 aromatic heterocycles. The average molecular weight is 308 g/mol. The van der Waals surface area contributed by atoms with E-state index in [2.05, 4.69) is 10.2 Å². The zero-order valence-electron chi connectivity index (χ0n) is 11.2. The van der Waals surface area contributed by atoms with Crippen LogP contribution >= 0.6 is 0 Å². The van der Waals surface area contributed by atoms with Crippen molar-refractivity contribution in [1.29, 1.82) is 0 Å². The van der Waals surface area contributed by atoms with E-state index in [0.29, 0.717) is 0 Å². The topological polar surface area (TPSA) is 62.0 Å². The summed E-state index contributed by atoms with van der Waals surface area (Å²) in [7, 11) is 0. The molecule has 0 fully saturated rings. The summed E-state index contributed by atoms with van der Waals surface area (Å²) in [4.78, 5) is 11.0. The Balaban J connectivity index is 2.23. The van der Waals surface area contributed by atoms with Crippen LogP contribution in [0.2, 0.25) is 0 Å². The lowest BCUT2D eigenvalue weighted by molar-refractivity contribution is -0.138. The van der Waals surface area contributed by atoms with Crippen LogP contribution in [0.15, 0.2) is 58.8 Å². The smallest absolute Gasteiger partial charge is 0.416 e. The Bertz CT molecular complexity index is 712. The summed E-state index contributed by atoms with van der Waals surface area (Å²) in [6.45, 7) is -0.288. The second-order valence-electron chi connectivity index (χ2n) is 4.38. The number of carboxylic acids is 1. The minimum atomic E-state index is -4.47. The van der Waals surface area contributed by atoms with Crippen molar-refractivity contribution in [3.05, 3.63) is 65.2 Å². The van der Waals surface area contributed by atoms with Crippen LogP contribution in [-0.2, 0) is 12.7 Å². The van der Waals surface area contributed by atoms with E-state index in [4.69, 9.17) is 5.11 Å². The monoisotopic (exact) mass is 308 g/mol. The van der Waals surface area contributed by atoms with Crippen LogP contribution in [0.5, 0.6) is 0 Å². The molecule has 7 heteroatoms. The predicted octanol–water partition coefficient (Wildman–Crippen LogP) is 4.69. The van der Waals surface area contributed by atoms with Gasteiger partial charge < -0.3 is 5.11 Å². The summed E-state index contributed by atoms with van der Waals surface area (Å²) in [5, 5.41) is 16.4. The van der Waals surface area contributed by atoms with E-state index in [1.54, 1.807) is 6.07 Å². The molecule has 0 spiro atoms. The first-order valence-electron chi connectivity index (χ1n) is 6.24. The first-order chi connectivity index (χ1) is 10.4. The quantitative estimate of drug-likeness (QED) is 0.833. The maximum atomic E-state index is 12.8. The van der Waals surface area contributed by atoms with Gasteiger partial charge in [-0.25, -0.2) is 4.79 Å². The SMILES string of the molecule is O=C(O)c1ccccc1N=NCc1ccccc1C(F)(F)F. The Morgan fingerprint density at radius 2 is 1.68 bits per heavy atom. The largest absolute Gasteiger partial charge is 0.478 e. The summed E-state index contributed by atoms with van der Waals surface area (Å²) in [6.07, 6.45) is -4.47. The van der Waals surface area contributed by atoms with Gasteiger partial charge in [0, 0.05) is 0 Å². The standard InChI is InChI=1S/C15H11F3N2O2/c16-15(17,18)12-7-3-1-5-10(12)9-19-20-13-8-4-2-6-11(13)14(21)22/h1-8H,9H2,(H,21,22). The van der Waals surface area contributed by atoms with E-state index < -0.39 is 17.7 Å². The van der Waals surface area contributed by atoms with E-state index in [0.717, 1.165) is 6.07 Å². The lowest BCUT2D eigenvalue weighted by Crippen LogP contribution is -2.08. The summed E-state index contributed by atoms with van der Waals surface area (Å²) in [5.74, 6) is -1.18. The number of carbonyl (C=O) groups is 1. The molecule has 2 rings (SSSR count). The van der Waals surface area contributed by atoms with Gasteiger partial charge in [-0.1, -0.05) is 30.3 Å². The van der Waals surface area contributed by atoms with Crippen molar-refractivity contribution >= 4 is 11.7 Å². The minimum absolute atomic E-state index is 0.0217. The van der Waals surface area contributed by atoms with Crippen LogP contribution in [0.4, 0.5) is 18.9 Å². The van der Waals surface area contributed by atoms with Gasteiger partial charge in [-0.2, -0.15) is 23.4 Å². The van der Waals surface area contributed by atoms with Crippen molar-refractivity contribution < 1.29 is 23.1 Å². The van der Waals surface area contributed by atoms with Crippen molar-refractivity contribution in [2.75, 3.05) is 0 Å². The molecule has 4 nitrogen and oxygen atoms in total. The van der Waals surface area contributed by atoms with Crippen molar-refractivity contribution in [1.82, 2.24) is 0 Å². The van der Waals surface area contributed by atoms with E-state index >= 15 is 0 Å². The van der Waals surface area contributed by atoms with E-state index in [1.165, 1.54) is 36.4 Å². The number of halogens is 3. The number of rotatable bonds is 4. The number of hydrogen-bond acceptors (Lipinski definition) is 3. The number of hydrogen-bond donors (Lipinski definition) is 1. The van der Waals surface area contributed by atoms with Crippen LogP contribution in [0.25, 0.3) is 0 Å². The molecule has 114 valence electrons. The van der Waals surface area contributed by atoms with Crippen LogP contribution in [0.1, 0.15) is 21.5 Å². The van der Waals surface area contributed by atoms with Crippen LogP contribution in [0, 0.1) is 0 Å². The van der Waals surface area contributed by atoms with Crippen LogP contribution in [0.3, 0.4) is 0 Å². The Labute approximate surface area is 123 Å². The van der Waals surface area contributed by atoms with Crippen molar-refractivity contribution in [3.63, 3.8) is 0 Å². The molecule has 0 atom stereocenters. The summed E-state index contributed by atoms with van der Waals surface area (Å²) in [6, 6.07) is 10.9. The van der Waals surface area contributed by atoms with Gasteiger partial charge in [0.1, 0.15) is 0 Å². The Morgan fingerprint density at radius 1 is 1.05 bits per heavy atom. The highest BCUT2D eigenvalue weighted by Gasteiger charge is 2.32. The Hall–Kier alpha value is -2.70. The molecule has 0 saturated heterocycles. The Morgan fingerprint density at radius 3 is 2.36 bits per heavy atom. The first-order valence-corrected chi connectivity index (χ1v) is 6.24. The second-order valence-corrected chi connectivity index (χ2v) is 4.38. The molecular formula is C15H11F3N2O2. The third kappa shape index (κ3) is 3.69. The van der Waals surface area contributed by atoms with Gasteiger partial charge in [0.2, 0.25) is 0 Å². The van der Waals surface area contributed by atoms with E-state index in [-0.39, 0.29) is 23.4 Å². The third-order valence-corrected chi connectivity index (χ3v) is 2.88.